The Labute approximate surface area is 123 Å². The lowest BCUT2D eigenvalue weighted by atomic mass is 9.94. The molecular formula is C15H21BrN2O. The van der Waals surface area contributed by atoms with E-state index in [1.165, 1.54) is 6.42 Å². The molecule has 0 aliphatic heterocycles. The third-order valence-electron chi connectivity index (χ3n) is 3.93. The van der Waals surface area contributed by atoms with E-state index in [-0.39, 0.29) is 17.9 Å². The summed E-state index contributed by atoms with van der Waals surface area (Å²) in [7, 11) is 0. The zero-order valence-electron chi connectivity index (χ0n) is 11.3. The lowest BCUT2D eigenvalue weighted by Gasteiger charge is -2.21. The fraction of sp³-hybridized carbons (Fsp3) is 0.533. The second kappa shape index (κ2) is 6.53. The van der Waals surface area contributed by atoms with Crippen LogP contribution in [0.2, 0.25) is 0 Å². The number of amides is 1. The summed E-state index contributed by atoms with van der Waals surface area (Å²) < 4.78 is 1.01. The highest BCUT2D eigenvalue weighted by Crippen LogP contribution is 2.27. The summed E-state index contributed by atoms with van der Waals surface area (Å²) in [5, 5.41) is 3.03. The summed E-state index contributed by atoms with van der Waals surface area (Å²) in [6.07, 6.45) is 5.28. The standard InChI is InChI=1S/C15H21BrN2O/c1-10-12(16)7-5-9-14(10)18-15(19)11-6-3-2-4-8-13(11)17/h5,7,9,11,13H,2-4,6,8,17H2,1H3,(H,18,19). The van der Waals surface area contributed by atoms with Crippen LogP contribution in [0.1, 0.15) is 37.7 Å². The molecule has 0 heterocycles. The van der Waals surface area contributed by atoms with Crippen molar-refractivity contribution in [1.82, 2.24) is 0 Å². The normalized spacial score (nSPS) is 23.7. The molecule has 0 saturated heterocycles. The number of nitrogens with one attached hydrogen (secondary N) is 1. The topological polar surface area (TPSA) is 55.1 Å². The van der Waals surface area contributed by atoms with Crippen molar-refractivity contribution in [3.8, 4) is 0 Å². The largest absolute Gasteiger partial charge is 0.327 e. The van der Waals surface area contributed by atoms with Gasteiger partial charge in [-0.25, -0.2) is 0 Å². The van der Waals surface area contributed by atoms with Crippen molar-refractivity contribution in [3.63, 3.8) is 0 Å². The number of benzene rings is 1. The van der Waals surface area contributed by atoms with Gasteiger partial charge in [0.1, 0.15) is 0 Å². The number of nitrogens with two attached hydrogens (primary N) is 1. The molecule has 3 N–H and O–H groups in total. The predicted octanol–water partition coefficient (Wildman–Crippen LogP) is 3.60. The SMILES string of the molecule is Cc1c(Br)cccc1NC(=O)C1CCCCCC1N. The van der Waals surface area contributed by atoms with Crippen LogP contribution >= 0.6 is 15.9 Å². The van der Waals surface area contributed by atoms with Gasteiger partial charge in [-0.3, -0.25) is 4.79 Å². The second-order valence-electron chi connectivity index (χ2n) is 5.31. The van der Waals surface area contributed by atoms with E-state index in [1.807, 2.05) is 25.1 Å². The molecule has 2 unspecified atom stereocenters. The number of carbonyl (C=O) groups is 1. The van der Waals surface area contributed by atoms with Crippen LogP contribution in [-0.2, 0) is 4.79 Å². The first kappa shape index (κ1) is 14.5. The molecule has 0 aromatic heterocycles. The van der Waals surface area contributed by atoms with Crippen molar-refractivity contribution in [2.75, 3.05) is 5.32 Å². The van der Waals surface area contributed by atoms with Gasteiger partial charge >= 0.3 is 0 Å². The van der Waals surface area contributed by atoms with E-state index in [1.54, 1.807) is 0 Å². The zero-order chi connectivity index (χ0) is 13.8. The molecule has 3 nitrogen and oxygen atoms in total. The van der Waals surface area contributed by atoms with E-state index >= 15 is 0 Å². The van der Waals surface area contributed by atoms with Crippen LogP contribution < -0.4 is 11.1 Å². The Hall–Kier alpha value is -0.870. The molecule has 1 amide bonds. The number of hydrogen-bond donors (Lipinski definition) is 2. The van der Waals surface area contributed by atoms with Crippen LogP contribution in [0, 0.1) is 12.8 Å². The van der Waals surface area contributed by atoms with Crippen molar-refractivity contribution in [2.45, 2.75) is 45.1 Å². The molecule has 2 atom stereocenters. The molecule has 1 saturated carbocycles. The first-order valence-corrected chi connectivity index (χ1v) is 7.70. The maximum atomic E-state index is 12.4. The monoisotopic (exact) mass is 324 g/mol. The van der Waals surface area contributed by atoms with Crippen molar-refractivity contribution < 1.29 is 4.79 Å². The molecule has 4 heteroatoms. The number of hydrogen-bond acceptors (Lipinski definition) is 2. The Morgan fingerprint density at radius 1 is 1.32 bits per heavy atom. The van der Waals surface area contributed by atoms with E-state index in [4.69, 9.17) is 5.73 Å². The average molecular weight is 325 g/mol. The fourth-order valence-electron chi connectivity index (χ4n) is 2.63. The minimum absolute atomic E-state index is 0.00467. The molecule has 1 aromatic carbocycles. The fourth-order valence-corrected chi connectivity index (χ4v) is 3.00. The molecular weight excluding hydrogens is 304 g/mol. The van der Waals surface area contributed by atoms with Crippen molar-refractivity contribution in [1.29, 1.82) is 0 Å². The molecule has 0 radical (unpaired) electrons. The van der Waals surface area contributed by atoms with Crippen molar-refractivity contribution >= 4 is 27.5 Å². The van der Waals surface area contributed by atoms with E-state index in [0.717, 1.165) is 41.4 Å². The Morgan fingerprint density at radius 2 is 2.05 bits per heavy atom. The minimum atomic E-state index is -0.0547. The van der Waals surface area contributed by atoms with Crippen LogP contribution in [0.5, 0.6) is 0 Å². The Morgan fingerprint density at radius 3 is 2.84 bits per heavy atom. The van der Waals surface area contributed by atoms with Gasteiger partial charge in [0.15, 0.2) is 0 Å². The molecule has 0 bridgehead atoms. The Balaban J connectivity index is 2.09. The molecule has 1 aliphatic rings. The van der Waals surface area contributed by atoms with Gasteiger partial charge in [0, 0.05) is 16.2 Å². The van der Waals surface area contributed by atoms with E-state index in [0.29, 0.717) is 0 Å². The average Bonchev–Trinajstić information content (AvgIpc) is 2.59. The molecule has 0 spiro atoms. The van der Waals surface area contributed by atoms with Crippen LogP contribution in [-0.4, -0.2) is 11.9 Å². The summed E-state index contributed by atoms with van der Waals surface area (Å²) >= 11 is 3.48. The van der Waals surface area contributed by atoms with Gasteiger partial charge in [-0.05, 0) is 37.5 Å². The van der Waals surface area contributed by atoms with E-state index < -0.39 is 0 Å². The van der Waals surface area contributed by atoms with Crippen LogP contribution in [0.3, 0.4) is 0 Å². The van der Waals surface area contributed by atoms with Gasteiger partial charge in [0.05, 0.1) is 5.92 Å². The highest BCUT2D eigenvalue weighted by atomic mass is 79.9. The number of carbonyl (C=O) groups excluding carboxylic acids is 1. The summed E-state index contributed by atoms with van der Waals surface area (Å²) in [5.74, 6) is 0.0106. The van der Waals surface area contributed by atoms with Gasteiger partial charge in [0.25, 0.3) is 0 Å². The lowest BCUT2D eigenvalue weighted by Crippen LogP contribution is -2.37. The van der Waals surface area contributed by atoms with E-state index in [9.17, 15) is 4.79 Å². The maximum Gasteiger partial charge on any atom is 0.229 e. The number of anilines is 1. The molecule has 1 fully saturated rings. The first-order valence-electron chi connectivity index (χ1n) is 6.91. The predicted molar refractivity (Wildman–Crippen MR) is 82.1 cm³/mol. The summed E-state index contributed by atoms with van der Waals surface area (Å²) in [6, 6.07) is 5.83. The Kier molecular flexibility index (Phi) is 4.99. The molecule has 19 heavy (non-hydrogen) atoms. The Bertz CT molecular complexity index is 461. The zero-order valence-corrected chi connectivity index (χ0v) is 12.9. The lowest BCUT2D eigenvalue weighted by molar-refractivity contribution is -0.120. The van der Waals surface area contributed by atoms with Crippen LogP contribution in [0.25, 0.3) is 0 Å². The van der Waals surface area contributed by atoms with Crippen LogP contribution in [0.15, 0.2) is 22.7 Å². The minimum Gasteiger partial charge on any atom is -0.327 e. The molecule has 2 rings (SSSR count). The van der Waals surface area contributed by atoms with Gasteiger partial charge in [-0.2, -0.15) is 0 Å². The van der Waals surface area contributed by atoms with Gasteiger partial charge in [-0.1, -0.05) is 41.3 Å². The molecule has 1 aliphatic carbocycles. The van der Waals surface area contributed by atoms with E-state index in [2.05, 4.69) is 21.2 Å². The first-order chi connectivity index (χ1) is 9.09. The van der Waals surface area contributed by atoms with Crippen molar-refractivity contribution in [3.05, 3.63) is 28.2 Å². The summed E-state index contributed by atoms with van der Waals surface area (Å²) in [4.78, 5) is 12.4. The third-order valence-corrected chi connectivity index (χ3v) is 4.79. The molecule has 104 valence electrons. The number of rotatable bonds is 2. The van der Waals surface area contributed by atoms with Gasteiger partial charge in [-0.15, -0.1) is 0 Å². The second-order valence-corrected chi connectivity index (χ2v) is 6.16. The smallest absolute Gasteiger partial charge is 0.229 e. The highest BCUT2D eigenvalue weighted by Gasteiger charge is 2.27. The highest BCUT2D eigenvalue weighted by molar-refractivity contribution is 9.10. The van der Waals surface area contributed by atoms with Crippen LogP contribution in [0.4, 0.5) is 5.69 Å². The van der Waals surface area contributed by atoms with Gasteiger partial charge < -0.3 is 11.1 Å². The maximum absolute atomic E-state index is 12.4. The quantitative estimate of drug-likeness (QED) is 0.816. The third kappa shape index (κ3) is 3.57. The molecule has 1 aromatic rings. The van der Waals surface area contributed by atoms with Crippen molar-refractivity contribution in [2.24, 2.45) is 11.7 Å². The van der Waals surface area contributed by atoms with Gasteiger partial charge in [0.2, 0.25) is 5.91 Å². The summed E-state index contributed by atoms with van der Waals surface area (Å²) in [5.41, 5.74) is 8.06. The summed E-state index contributed by atoms with van der Waals surface area (Å²) in [6.45, 7) is 1.99. The number of halogens is 1.